The van der Waals surface area contributed by atoms with Crippen LogP contribution < -0.4 is 5.32 Å². The van der Waals surface area contributed by atoms with Gasteiger partial charge in [-0.25, -0.2) is 0 Å². The van der Waals surface area contributed by atoms with E-state index in [2.05, 4.69) is 27.7 Å². The van der Waals surface area contributed by atoms with E-state index in [4.69, 9.17) is 0 Å². The van der Waals surface area contributed by atoms with Crippen LogP contribution >= 0.6 is 0 Å². The topological polar surface area (TPSA) is 72.7 Å². The molecule has 4 aliphatic rings. The van der Waals surface area contributed by atoms with Crippen LogP contribution in [0.2, 0.25) is 0 Å². The highest BCUT2D eigenvalue weighted by atomic mass is 16.2. The number of aryl methyl sites for hydroxylation is 1. The van der Waals surface area contributed by atoms with Crippen LogP contribution in [0.4, 0.5) is 0 Å². The molecule has 1 atom stereocenters. The van der Waals surface area contributed by atoms with Gasteiger partial charge in [0.05, 0.1) is 0 Å². The summed E-state index contributed by atoms with van der Waals surface area (Å²) in [5, 5.41) is 15.8. The zero-order valence-electron chi connectivity index (χ0n) is 16.8. The number of rotatable bonds is 5. The number of tetrazole rings is 1. The molecule has 6 rings (SSSR count). The number of amides is 1. The van der Waals surface area contributed by atoms with Gasteiger partial charge < -0.3 is 5.32 Å². The third-order valence-electron chi connectivity index (χ3n) is 7.43. The lowest BCUT2D eigenvalue weighted by Gasteiger charge is -2.59. The lowest BCUT2D eigenvalue weighted by atomic mass is 9.48. The number of nitrogens with one attached hydrogen (secondary N) is 1. The zero-order chi connectivity index (χ0) is 19.3. The number of aromatic nitrogens is 4. The Bertz CT molecular complexity index is 836. The highest BCUT2D eigenvalue weighted by molar-refractivity contribution is 5.76. The Balaban J connectivity index is 1.22. The molecule has 4 saturated carbocycles. The summed E-state index contributed by atoms with van der Waals surface area (Å²) in [4.78, 5) is 14.1. The van der Waals surface area contributed by atoms with Gasteiger partial charge >= 0.3 is 0 Å². The highest BCUT2D eigenvalue weighted by Crippen LogP contribution is 2.61. The highest BCUT2D eigenvalue weighted by Gasteiger charge is 2.53. The molecule has 6 nitrogen and oxygen atoms in total. The van der Waals surface area contributed by atoms with Crippen LogP contribution in [0.5, 0.6) is 0 Å². The van der Waals surface area contributed by atoms with Gasteiger partial charge in [0.15, 0.2) is 0 Å². The molecule has 4 aliphatic carbocycles. The van der Waals surface area contributed by atoms with Crippen molar-refractivity contribution in [2.24, 2.45) is 23.2 Å². The van der Waals surface area contributed by atoms with E-state index in [1.165, 1.54) is 48.9 Å². The maximum Gasteiger partial charge on any atom is 0.243 e. The SMILES string of the molecule is Cc1ccc(-c2nnn(CC(=O)NC(C)C34CC5CC(CC(C5)C3)C4)n2)cc1. The van der Waals surface area contributed by atoms with Crippen molar-refractivity contribution < 1.29 is 4.79 Å². The molecule has 1 unspecified atom stereocenters. The fourth-order valence-corrected chi connectivity index (χ4v) is 6.41. The van der Waals surface area contributed by atoms with E-state index < -0.39 is 0 Å². The summed E-state index contributed by atoms with van der Waals surface area (Å²) in [7, 11) is 0. The van der Waals surface area contributed by atoms with Crippen LogP contribution in [0.15, 0.2) is 24.3 Å². The second kappa shape index (κ2) is 6.68. The molecule has 6 heteroatoms. The molecule has 1 aromatic carbocycles. The lowest BCUT2D eigenvalue weighted by Crippen LogP contribution is -2.56. The standard InChI is InChI=1S/C22H29N5O/c1-14-3-5-19(6-4-14)21-24-26-27(25-21)13-20(28)23-15(2)22-10-16-7-17(11-22)9-18(8-16)12-22/h3-6,15-18H,7-13H2,1-2H3,(H,23,28). The molecule has 4 fully saturated rings. The first kappa shape index (κ1) is 17.8. The average molecular weight is 380 g/mol. The Morgan fingerprint density at radius 1 is 1.14 bits per heavy atom. The van der Waals surface area contributed by atoms with Crippen molar-refractivity contribution in [3.63, 3.8) is 0 Å². The Morgan fingerprint density at radius 2 is 1.75 bits per heavy atom. The van der Waals surface area contributed by atoms with E-state index in [1.54, 1.807) is 0 Å². The number of carbonyl (C=O) groups excluding carboxylic acids is 1. The first-order valence-electron chi connectivity index (χ1n) is 10.6. The Labute approximate surface area is 166 Å². The Kier molecular flexibility index (Phi) is 4.25. The van der Waals surface area contributed by atoms with Gasteiger partial charge in [-0.05, 0) is 80.8 Å². The minimum atomic E-state index is -0.0175. The summed E-state index contributed by atoms with van der Waals surface area (Å²) >= 11 is 0. The summed E-state index contributed by atoms with van der Waals surface area (Å²) in [5.41, 5.74) is 2.42. The molecule has 1 N–H and O–H groups in total. The number of hydrogen-bond donors (Lipinski definition) is 1. The van der Waals surface area contributed by atoms with Gasteiger partial charge in [-0.15, -0.1) is 10.2 Å². The van der Waals surface area contributed by atoms with E-state index in [-0.39, 0.29) is 18.5 Å². The molecule has 148 valence electrons. The Hall–Kier alpha value is -2.24. The summed E-state index contributed by atoms with van der Waals surface area (Å²) in [6, 6.07) is 8.22. The number of benzene rings is 1. The van der Waals surface area contributed by atoms with E-state index in [0.717, 1.165) is 23.3 Å². The van der Waals surface area contributed by atoms with Crippen molar-refractivity contribution in [2.45, 2.75) is 65.0 Å². The number of hydrogen-bond acceptors (Lipinski definition) is 4. The number of nitrogens with zero attached hydrogens (tertiary/aromatic N) is 4. The van der Waals surface area contributed by atoms with Gasteiger partial charge in [0.25, 0.3) is 0 Å². The predicted molar refractivity (Wildman–Crippen MR) is 106 cm³/mol. The van der Waals surface area contributed by atoms with Crippen molar-refractivity contribution >= 4 is 5.91 Å². The van der Waals surface area contributed by atoms with Crippen LogP contribution in [0, 0.1) is 30.1 Å². The third-order valence-corrected chi connectivity index (χ3v) is 7.43. The molecule has 4 bridgehead atoms. The fourth-order valence-electron chi connectivity index (χ4n) is 6.41. The maximum atomic E-state index is 12.7. The van der Waals surface area contributed by atoms with E-state index in [0.29, 0.717) is 11.2 Å². The molecular formula is C22H29N5O. The van der Waals surface area contributed by atoms with E-state index in [9.17, 15) is 4.79 Å². The summed E-state index contributed by atoms with van der Waals surface area (Å²) in [6.45, 7) is 4.37. The predicted octanol–water partition coefficient (Wildman–Crippen LogP) is 3.37. The van der Waals surface area contributed by atoms with Crippen LogP contribution in [0.25, 0.3) is 11.4 Å². The summed E-state index contributed by atoms with van der Waals surface area (Å²) < 4.78 is 0. The minimum absolute atomic E-state index is 0.0175. The van der Waals surface area contributed by atoms with E-state index in [1.807, 2.05) is 31.2 Å². The Morgan fingerprint density at radius 3 is 2.36 bits per heavy atom. The van der Waals surface area contributed by atoms with E-state index >= 15 is 0 Å². The van der Waals surface area contributed by atoms with Gasteiger partial charge in [-0.2, -0.15) is 4.80 Å². The van der Waals surface area contributed by atoms with Crippen LogP contribution in [-0.2, 0) is 11.3 Å². The molecular weight excluding hydrogens is 350 g/mol. The van der Waals surface area contributed by atoms with Crippen molar-refractivity contribution in [2.75, 3.05) is 0 Å². The minimum Gasteiger partial charge on any atom is -0.351 e. The molecule has 0 radical (unpaired) electrons. The monoisotopic (exact) mass is 379 g/mol. The van der Waals surface area contributed by atoms with Crippen LogP contribution in [-0.4, -0.2) is 32.2 Å². The molecule has 0 saturated heterocycles. The number of carbonyl (C=O) groups is 1. The summed E-state index contributed by atoms with van der Waals surface area (Å²) in [6.07, 6.45) is 8.14. The molecule has 0 aliphatic heterocycles. The van der Waals surface area contributed by atoms with Crippen molar-refractivity contribution in [3.05, 3.63) is 29.8 Å². The van der Waals surface area contributed by atoms with Gasteiger partial charge in [0, 0.05) is 11.6 Å². The molecule has 1 aromatic heterocycles. The fraction of sp³-hybridized carbons (Fsp3) is 0.636. The van der Waals surface area contributed by atoms with Gasteiger partial charge in [-0.3, -0.25) is 4.79 Å². The molecule has 1 amide bonds. The normalized spacial score (nSPS) is 31.7. The van der Waals surface area contributed by atoms with Gasteiger partial charge in [0.2, 0.25) is 11.7 Å². The molecule has 28 heavy (non-hydrogen) atoms. The molecule has 2 aromatic rings. The zero-order valence-corrected chi connectivity index (χ0v) is 16.8. The van der Waals surface area contributed by atoms with Crippen LogP contribution in [0.3, 0.4) is 0 Å². The van der Waals surface area contributed by atoms with Gasteiger partial charge in [-0.1, -0.05) is 29.8 Å². The lowest BCUT2D eigenvalue weighted by molar-refractivity contribution is -0.126. The van der Waals surface area contributed by atoms with Crippen molar-refractivity contribution in [1.82, 2.24) is 25.5 Å². The van der Waals surface area contributed by atoms with Crippen LogP contribution in [0.1, 0.15) is 51.0 Å². The second-order valence-electron chi connectivity index (χ2n) is 9.58. The average Bonchev–Trinajstić information content (AvgIpc) is 3.09. The smallest absolute Gasteiger partial charge is 0.243 e. The van der Waals surface area contributed by atoms with Gasteiger partial charge in [0.1, 0.15) is 6.54 Å². The van der Waals surface area contributed by atoms with Crippen molar-refractivity contribution in [3.8, 4) is 11.4 Å². The maximum absolute atomic E-state index is 12.7. The third kappa shape index (κ3) is 3.23. The second-order valence-corrected chi connectivity index (χ2v) is 9.58. The largest absolute Gasteiger partial charge is 0.351 e. The first-order valence-corrected chi connectivity index (χ1v) is 10.6. The van der Waals surface area contributed by atoms with Crippen molar-refractivity contribution in [1.29, 1.82) is 0 Å². The quantitative estimate of drug-likeness (QED) is 0.864. The molecule has 0 spiro atoms. The first-order chi connectivity index (χ1) is 13.5. The molecule has 1 heterocycles. The summed E-state index contributed by atoms with van der Waals surface area (Å²) in [5.74, 6) is 3.21.